The van der Waals surface area contributed by atoms with Crippen LogP contribution in [0.3, 0.4) is 0 Å². The van der Waals surface area contributed by atoms with Crippen LogP contribution >= 0.6 is 0 Å². The molecule has 1 aromatic carbocycles. The molecule has 0 unspecified atom stereocenters. The van der Waals surface area contributed by atoms with Crippen LogP contribution in [0.2, 0.25) is 0 Å². The molecule has 5 nitrogen and oxygen atoms in total. The Morgan fingerprint density at radius 2 is 2.20 bits per heavy atom. The number of non-ortho nitro benzene ring substituents is 1. The minimum Gasteiger partial charge on any atom is -0.461 e. The smallest absolute Gasteiger partial charge is 0.273 e. The van der Waals surface area contributed by atoms with E-state index < -0.39 is 4.92 Å². The standard InChI is InChI=1S/C10H10N2O3/c11-4-3-9-5-7-1-2-8(12(13)14)6-10(7)15-9/h1-2,5-6H,3-4,11H2. The molecule has 2 N–H and O–H groups in total. The number of hydrogen-bond acceptors (Lipinski definition) is 4. The zero-order valence-corrected chi connectivity index (χ0v) is 7.97. The van der Waals surface area contributed by atoms with E-state index in [1.807, 2.05) is 6.07 Å². The first-order valence-electron chi connectivity index (χ1n) is 4.57. The van der Waals surface area contributed by atoms with Crippen LogP contribution in [0.4, 0.5) is 5.69 Å². The molecule has 1 heterocycles. The molecule has 0 bridgehead atoms. The van der Waals surface area contributed by atoms with Crippen molar-refractivity contribution in [2.75, 3.05) is 6.54 Å². The summed E-state index contributed by atoms with van der Waals surface area (Å²) in [4.78, 5) is 10.1. The van der Waals surface area contributed by atoms with Gasteiger partial charge in [0.25, 0.3) is 5.69 Å². The van der Waals surface area contributed by atoms with Gasteiger partial charge in [-0.05, 0) is 18.7 Å². The first-order valence-corrected chi connectivity index (χ1v) is 4.57. The van der Waals surface area contributed by atoms with Gasteiger partial charge in [-0.3, -0.25) is 10.1 Å². The van der Waals surface area contributed by atoms with Gasteiger partial charge < -0.3 is 10.2 Å². The van der Waals surface area contributed by atoms with E-state index in [9.17, 15) is 10.1 Å². The van der Waals surface area contributed by atoms with Crippen LogP contribution in [0.1, 0.15) is 5.76 Å². The summed E-state index contributed by atoms with van der Waals surface area (Å²) in [5.74, 6) is 0.757. The highest BCUT2D eigenvalue weighted by Crippen LogP contribution is 2.24. The quantitative estimate of drug-likeness (QED) is 0.613. The van der Waals surface area contributed by atoms with Crippen LogP contribution in [0.25, 0.3) is 11.0 Å². The van der Waals surface area contributed by atoms with E-state index in [-0.39, 0.29) is 5.69 Å². The van der Waals surface area contributed by atoms with Crippen LogP contribution in [-0.4, -0.2) is 11.5 Å². The monoisotopic (exact) mass is 206 g/mol. The first-order chi connectivity index (χ1) is 7.20. The maximum absolute atomic E-state index is 10.5. The molecule has 5 heteroatoms. The molecular weight excluding hydrogens is 196 g/mol. The summed E-state index contributed by atoms with van der Waals surface area (Å²) in [5, 5.41) is 11.4. The second-order valence-electron chi connectivity index (χ2n) is 3.23. The summed E-state index contributed by atoms with van der Waals surface area (Å²) in [7, 11) is 0. The molecule has 0 aliphatic carbocycles. The molecule has 0 atom stereocenters. The van der Waals surface area contributed by atoms with E-state index in [0.29, 0.717) is 18.5 Å². The molecule has 0 fully saturated rings. The lowest BCUT2D eigenvalue weighted by molar-refractivity contribution is -0.384. The minimum atomic E-state index is -0.440. The van der Waals surface area contributed by atoms with Crippen molar-refractivity contribution in [2.24, 2.45) is 5.73 Å². The number of hydrogen-bond donors (Lipinski definition) is 1. The Balaban J connectivity index is 2.47. The number of furan rings is 1. The lowest BCUT2D eigenvalue weighted by atomic mass is 10.2. The molecule has 0 aliphatic rings. The molecule has 0 radical (unpaired) electrons. The SMILES string of the molecule is NCCc1cc2ccc([N+](=O)[O-])cc2o1. The maximum Gasteiger partial charge on any atom is 0.273 e. The summed E-state index contributed by atoms with van der Waals surface area (Å²) >= 11 is 0. The third-order valence-corrected chi connectivity index (χ3v) is 2.16. The van der Waals surface area contributed by atoms with Crippen molar-refractivity contribution in [1.29, 1.82) is 0 Å². The maximum atomic E-state index is 10.5. The predicted octanol–water partition coefficient (Wildman–Crippen LogP) is 1.84. The van der Waals surface area contributed by atoms with Crippen molar-refractivity contribution in [3.63, 3.8) is 0 Å². The Morgan fingerprint density at radius 1 is 1.40 bits per heavy atom. The van der Waals surface area contributed by atoms with E-state index in [4.69, 9.17) is 10.2 Å². The largest absolute Gasteiger partial charge is 0.461 e. The summed E-state index contributed by atoms with van der Waals surface area (Å²) in [6, 6.07) is 6.42. The van der Waals surface area contributed by atoms with Crippen molar-refractivity contribution in [3.05, 3.63) is 40.1 Å². The summed E-state index contributed by atoms with van der Waals surface area (Å²) < 4.78 is 5.41. The lowest BCUT2D eigenvalue weighted by Gasteiger charge is -1.90. The number of benzene rings is 1. The summed E-state index contributed by atoms with van der Waals surface area (Å²) in [6.07, 6.45) is 0.641. The summed E-state index contributed by atoms with van der Waals surface area (Å²) in [6.45, 7) is 0.502. The molecule has 0 saturated carbocycles. The third-order valence-electron chi connectivity index (χ3n) is 2.16. The highest BCUT2D eigenvalue weighted by atomic mass is 16.6. The zero-order valence-electron chi connectivity index (χ0n) is 7.97. The molecule has 0 aliphatic heterocycles. The first kappa shape index (κ1) is 9.67. The van der Waals surface area contributed by atoms with Crippen LogP contribution in [0.15, 0.2) is 28.7 Å². The number of nitro groups is 1. The van der Waals surface area contributed by atoms with Gasteiger partial charge in [0.15, 0.2) is 0 Å². The molecule has 2 aromatic rings. The Labute approximate surface area is 85.6 Å². The second-order valence-corrected chi connectivity index (χ2v) is 3.23. The fourth-order valence-corrected chi connectivity index (χ4v) is 1.45. The molecule has 78 valence electrons. The van der Waals surface area contributed by atoms with Crippen molar-refractivity contribution in [3.8, 4) is 0 Å². The topological polar surface area (TPSA) is 82.3 Å². The van der Waals surface area contributed by atoms with Gasteiger partial charge in [-0.15, -0.1) is 0 Å². The van der Waals surface area contributed by atoms with E-state index in [0.717, 1.165) is 11.1 Å². The Morgan fingerprint density at radius 3 is 2.87 bits per heavy atom. The number of fused-ring (bicyclic) bond motifs is 1. The van der Waals surface area contributed by atoms with Gasteiger partial charge in [0.1, 0.15) is 11.3 Å². The van der Waals surface area contributed by atoms with Gasteiger partial charge in [-0.1, -0.05) is 0 Å². The van der Waals surface area contributed by atoms with Crippen LogP contribution in [-0.2, 0) is 6.42 Å². The minimum absolute atomic E-state index is 0.0381. The van der Waals surface area contributed by atoms with Gasteiger partial charge >= 0.3 is 0 Å². The van der Waals surface area contributed by atoms with Crippen LogP contribution in [0.5, 0.6) is 0 Å². The molecule has 0 saturated heterocycles. The lowest BCUT2D eigenvalue weighted by Crippen LogP contribution is -2.01. The number of rotatable bonds is 3. The van der Waals surface area contributed by atoms with Crippen molar-refractivity contribution in [1.82, 2.24) is 0 Å². The van der Waals surface area contributed by atoms with E-state index in [1.54, 1.807) is 6.07 Å². The van der Waals surface area contributed by atoms with Crippen LogP contribution < -0.4 is 5.73 Å². The van der Waals surface area contributed by atoms with Crippen molar-refractivity contribution < 1.29 is 9.34 Å². The van der Waals surface area contributed by atoms with E-state index in [2.05, 4.69) is 0 Å². The molecule has 0 amide bonds. The zero-order chi connectivity index (χ0) is 10.8. The fourth-order valence-electron chi connectivity index (χ4n) is 1.45. The van der Waals surface area contributed by atoms with Gasteiger partial charge in [0, 0.05) is 17.9 Å². The Kier molecular flexibility index (Phi) is 2.39. The molecule has 15 heavy (non-hydrogen) atoms. The third kappa shape index (κ3) is 1.82. The average molecular weight is 206 g/mol. The van der Waals surface area contributed by atoms with Crippen LogP contribution in [0, 0.1) is 10.1 Å². The second kappa shape index (κ2) is 3.70. The van der Waals surface area contributed by atoms with E-state index >= 15 is 0 Å². The Bertz CT molecular complexity index is 504. The summed E-state index contributed by atoms with van der Waals surface area (Å²) in [5.41, 5.74) is 5.97. The van der Waals surface area contributed by atoms with Crippen molar-refractivity contribution in [2.45, 2.75) is 6.42 Å². The number of nitrogens with two attached hydrogens (primary N) is 1. The molecular formula is C10H10N2O3. The van der Waals surface area contributed by atoms with Gasteiger partial charge in [0.2, 0.25) is 0 Å². The predicted molar refractivity (Wildman–Crippen MR) is 55.6 cm³/mol. The molecule has 0 spiro atoms. The number of nitrogens with zero attached hydrogens (tertiary/aromatic N) is 1. The Hall–Kier alpha value is -1.88. The van der Waals surface area contributed by atoms with Gasteiger partial charge in [-0.25, -0.2) is 0 Å². The average Bonchev–Trinajstić information content (AvgIpc) is 2.59. The fraction of sp³-hybridized carbons (Fsp3) is 0.200. The highest BCUT2D eigenvalue weighted by molar-refractivity contribution is 5.80. The number of nitro benzene ring substituents is 1. The molecule has 1 aromatic heterocycles. The normalized spacial score (nSPS) is 10.7. The van der Waals surface area contributed by atoms with E-state index in [1.165, 1.54) is 12.1 Å². The molecule has 2 rings (SSSR count). The van der Waals surface area contributed by atoms with Gasteiger partial charge in [-0.2, -0.15) is 0 Å². The van der Waals surface area contributed by atoms with Crippen molar-refractivity contribution >= 4 is 16.7 Å². The van der Waals surface area contributed by atoms with Gasteiger partial charge in [0.05, 0.1) is 11.0 Å². The highest BCUT2D eigenvalue weighted by Gasteiger charge is 2.09.